The van der Waals surface area contributed by atoms with Crippen LogP contribution in [0.2, 0.25) is 0 Å². The van der Waals surface area contributed by atoms with Crippen molar-refractivity contribution in [2.45, 2.75) is 36.2 Å². The molecule has 6 heteroatoms. The van der Waals surface area contributed by atoms with Crippen LogP contribution in [0.15, 0.2) is 41.8 Å². The topological polar surface area (TPSA) is 46.9 Å². The molecule has 1 unspecified atom stereocenters. The van der Waals surface area contributed by atoms with E-state index in [9.17, 15) is 9.18 Å². The van der Waals surface area contributed by atoms with Gasteiger partial charge >= 0.3 is 0 Å². The fourth-order valence-electron chi connectivity index (χ4n) is 1.96. The standard InChI is InChI=1S/C15H16FN3OS/c1-10(14(20)18-12-5-6-12)21-15-17-7-8-19(15)13-4-2-3-11(16)9-13/h2-4,7-10,12H,5-6H2,1H3,(H,18,20). The average Bonchev–Trinajstić information content (AvgIpc) is 3.15. The lowest BCUT2D eigenvalue weighted by Gasteiger charge is -2.12. The SMILES string of the molecule is CC(Sc1nccn1-c1cccc(F)c1)C(=O)NC1CC1. The van der Waals surface area contributed by atoms with Gasteiger partial charge in [0.15, 0.2) is 5.16 Å². The van der Waals surface area contributed by atoms with Gasteiger partial charge in [-0.15, -0.1) is 0 Å². The summed E-state index contributed by atoms with van der Waals surface area (Å²) < 4.78 is 15.1. The number of carbonyl (C=O) groups excluding carboxylic acids is 1. The van der Waals surface area contributed by atoms with Gasteiger partial charge in [0.25, 0.3) is 0 Å². The molecule has 1 aliphatic carbocycles. The van der Waals surface area contributed by atoms with Gasteiger partial charge in [0.1, 0.15) is 5.82 Å². The smallest absolute Gasteiger partial charge is 0.233 e. The third kappa shape index (κ3) is 3.44. The van der Waals surface area contributed by atoms with E-state index in [1.807, 2.05) is 13.0 Å². The minimum atomic E-state index is -0.295. The molecular weight excluding hydrogens is 289 g/mol. The van der Waals surface area contributed by atoms with Crippen LogP contribution in [-0.2, 0) is 4.79 Å². The summed E-state index contributed by atoms with van der Waals surface area (Å²) in [5.41, 5.74) is 0.699. The second-order valence-corrected chi connectivity index (χ2v) is 6.41. The number of carbonyl (C=O) groups is 1. The van der Waals surface area contributed by atoms with Crippen molar-refractivity contribution < 1.29 is 9.18 Å². The number of aromatic nitrogens is 2. The highest BCUT2D eigenvalue weighted by Gasteiger charge is 2.26. The first-order chi connectivity index (χ1) is 10.1. The Morgan fingerprint density at radius 3 is 3.05 bits per heavy atom. The number of amides is 1. The molecule has 2 aromatic rings. The maximum Gasteiger partial charge on any atom is 0.233 e. The molecule has 1 atom stereocenters. The second-order valence-electron chi connectivity index (χ2n) is 5.10. The fourth-order valence-corrected chi connectivity index (χ4v) is 2.85. The molecule has 1 aromatic carbocycles. The van der Waals surface area contributed by atoms with Crippen LogP contribution in [-0.4, -0.2) is 26.8 Å². The zero-order valence-electron chi connectivity index (χ0n) is 11.6. The van der Waals surface area contributed by atoms with E-state index in [-0.39, 0.29) is 17.0 Å². The summed E-state index contributed by atoms with van der Waals surface area (Å²) in [5, 5.41) is 3.42. The molecule has 4 nitrogen and oxygen atoms in total. The maximum absolute atomic E-state index is 13.3. The van der Waals surface area contributed by atoms with Crippen molar-refractivity contribution in [1.29, 1.82) is 0 Å². The number of halogens is 1. The molecule has 1 aromatic heterocycles. The number of nitrogens with one attached hydrogen (secondary N) is 1. The average molecular weight is 305 g/mol. The molecule has 110 valence electrons. The lowest BCUT2D eigenvalue weighted by Crippen LogP contribution is -2.32. The Morgan fingerprint density at radius 2 is 2.33 bits per heavy atom. The van der Waals surface area contributed by atoms with Crippen molar-refractivity contribution >= 4 is 17.7 Å². The van der Waals surface area contributed by atoms with Crippen molar-refractivity contribution in [3.63, 3.8) is 0 Å². The zero-order chi connectivity index (χ0) is 14.8. The van der Waals surface area contributed by atoms with E-state index in [4.69, 9.17) is 0 Å². The number of nitrogens with zero attached hydrogens (tertiary/aromatic N) is 2. The first-order valence-electron chi connectivity index (χ1n) is 6.90. The zero-order valence-corrected chi connectivity index (χ0v) is 12.4. The molecule has 0 radical (unpaired) electrons. The van der Waals surface area contributed by atoms with Crippen molar-refractivity contribution in [3.05, 3.63) is 42.5 Å². The predicted octanol–water partition coefficient (Wildman–Crippen LogP) is 2.77. The van der Waals surface area contributed by atoms with E-state index in [2.05, 4.69) is 10.3 Å². The van der Waals surface area contributed by atoms with E-state index in [1.165, 1.54) is 23.9 Å². The number of thioether (sulfide) groups is 1. The first kappa shape index (κ1) is 14.1. The van der Waals surface area contributed by atoms with Crippen molar-refractivity contribution in [2.75, 3.05) is 0 Å². The van der Waals surface area contributed by atoms with E-state index in [0.717, 1.165) is 12.8 Å². The van der Waals surface area contributed by atoms with Crippen LogP contribution in [0.25, 0.3) is 5.69 Å². The summed E-state index contributed by atoms with van der Waals surface area (Å²) in [5.74, 6) is -0.270. The third-order valence-corrected chi connectivity index (χ3v) is 4.35. The molecule has 1 amide bonds. The van der Waals surface area contributed by atoms with Crippen molar-refractivity contribution in [1.82, 2.24) is 14.9 Å². The minimum absolute atomic E-state index is 0.0243. The molecule has 1 heterocycles. The summed E-state index contributed by atoms with van der Waals surface area (Å²) in [6, 6.07) is 6.66. The summed E-state index contributed by atoms with van der Waals surface area (Å²) in [6.45, 7) is 1.85. The lowest BCUT2D eigenvalue weighted by molar-refractivity contribution is -0.120. The van der Waals surface area contributed by atoms with Gasteiger partial charge in [-0.3, -0.25) is 9.36 Å². The fraction of sp³-hybridized carbons (Fsp3) is 0.333. The van der Waals surface area contributed by atoms with Crippen LogP contribution < -0.4 is 5.32 Å². The van der Waals surface area contributed by atoms with Crippen LogP contribution in [0.1, 0.15) is 19.8 Å². The molecule has 3 rings (SSSR count). The molecular formula is C15H16FN3OS. The Balaban J connectivity index is 1.74. The molecule has 21 heavy (non-hydrogen) atoms. The molecule has 1 aliphatic rings. The normalized spacial score (nSPS) is 15.7. The van der Waals surface area contributed by atoms with Gasteiger partial charge in [-0.1, -0.05) is 17.8 Å². The highest BCUT2D eigenvalue weighted by molar-refractivity contribution is 8.00. The number of rotatable bonds is 5. The molecule has 0 saturated heterocycles. The van der Waals surface area contributed by atoms with Crippen LogP contribution in [0, 0.1) is 5.82 Å². The molecule has 1 N–H and O–H groups in total. The highest BCUT2D eigenvalue weighted by Crippen LogP contribution is 2.26. The monoisotopic (exact) mass is 305 g/mol. The molecule has 0 bridgehead atoms. The van der Waals surface area contributed by atoms with Gasteiger partial charge in [0.2, 0.25) is 5.91 Å². The van der Waals surface area contributed by atoms with Crippen molar-refractivity contribution in [3.8, 4) is 5.69 Å². The molecule has 0 aliphatic heterocycles. The van der Waals surface area contributed by atoms with E-state index >= 15 is 0 Å². The van der Waals surface area contributed by atoms with E-state index in [1.54, 1.807) is 23.0 Å². The van der Waals surface area contributed by atoms with Gasteiger partial charge in [-0.2, -0.15) is 0 Å². The van der Waals surface area contributed by atoms with Gasteiger partial charge in [-0.05, 0) is 38.0 Å². The highest BCUT2D eigenvalue weighted by atomic mass is 32.2. The van der Waals surface area contributed by atoms with Crippen LogP contribution in [0.3, 0.4) is 0 Å². The van der Waals surface area contributed by atoms with Crippen LogP contribution >= 0.6 is 11.8 Å². The number of hydrogen-bond acceptors (Lipinski definition) is 3. The Hall–Kier alpha value is -1.82. The van der Waals surface area contributed by atoms with Gasteiger partial charge in [0, 0.05) is 18.4 Å². The molecule has 1 fully saturated rings. The first-order valence-corrected chi connectivity index (χ1v) is 7.78. The Kier molecular flexibility index (Phi) is 3.96. The molecule has 1 saturated carbocycles. The van der Waals surface area contributed by atoms with Gasteiger partial charge < -0.3 is 5.32 Å². The molecule has 0 spiro atoms. The third-order valence-electron chi connectivity index (χ3n) is 3.27. The number of hydrogen-bond donors (Lipinski definition) is 1. The van der Waals surface area contributed by atoms with Gasteiger partial charge in [-0.25, -0.2) is 9.37 Å². The Bertz CT molecular complexity index is 654. The summed E-state index contributed by atoms with van der Waals surface area (Å²) >= 11 is 1.37. The van der Waals surface area contributed by atoms with Gasteiger partial charge in [0.05, 0.1) is 10.9 Å². The Labute approximate surface area is 126 Å². The second kappa shape index (κ2) is 5.89. The summed E-state index contributed by atoms with van der Waals surface area (Å²) in [7, 11) is 0. The largest absolute Gasteiger partial charge is 0.352 e. The maximum atomic E-state index is 13.3. The van der Waals surface area contributed by atoms with Crippen molar-refractivity contribution in [2.24, 2.45) is 0 Å². The summed E-state index contributed by atoms with van der Waals surface area (Å²) in [4.78, 5) is 16.3. The van der Waals surface area contributed by atoms with E-state index < -0.39 is 0 Å². The predicted molar refractivity (Wildman–Crippen MR) is 80.0 cm³/mol. The number of benzene rings is 1. The summed E-state index contributed by atoms with van der Waals surface area (Å²) in [6.07, 6.45) is 5.56. The van der Waals surface area contributed by atoms with Crippen LogP contribution in [0.5, 0.6) is 0 Å². The lowest BCUT2D eigenvalue weighted by atomic mass is 10.3. The Morgan fingerprint density at radius 1 is 1.52 bits per heavy atom. The quantitative estimate of drug-likeness (QED) is 0.864. The number of imidazole rings is 1. The van der Waals surface area contributed by atoms with Crippen LogP contribution in [0.4, 0.5) is 4.39 Å². The van der Waals surface area contributed by atoms with E-state index in [0.29, 0.717) is 16.9 Å². The minimum Gasteiger partial charge on any atom is -0.352 e.